The molecular weight excluding hydrogens is 292 g/mol. The Morgan fingerprint density at radius 1 is 1.35 bits per heavy atom. The lowest BCUT2D eigenvalue weighted by atomic mass is 10.1. The Kier molecular flexibility index (Phi) is 6.35. The summed E-state index contributed by atoms with van der Waals surface area (Å²) < 4.78 is 5.36. The molecule has 1 aromatic carbocycles. The highest BCUT2D eigenvalue weighted by Crippen LogP contribution is 2.14. The number of carbonyl (C=O) groups is 2. The van der Waals surface area contributed by atoms with E-state index in [1.165, 1.54) is 0 Å². The maximum absolute atomic E-state index is 12.3. The Hall–Kier alpha value is -2.14. The predicted octanol–water partition coefficient (Wildman–Crippen LogP) is 1.94. The third-order valence-electron chi connectivity index (χ3n) is 4.01. The second-order valence-electron chi connectivity index (χ2n) is 5.64. The van der Waals surface area contributed by atoms with E-state index in [4.69, 9.17) is 4.74 Å². The van der Waals surface area contributed by atoms with Crippen molar-refractivity contribution in [3.05, 3.63) is 41.5 Å². The first-order valence-corrected chi connectivity index (χ1v) is 8.01. The van der Waals surface area contributed by atoms with Gasteiger partial charge in [-0.25, -0.2) is 0 Å². The van der Waals surface area contributed by atoms with E-state index in [0.717, 1.165) is 31.7 Å². The SMILES string of the molecule is CCN(CC1CCOC1)C(=O)/C=C/c1ccc(C(=O)NC)cc1. The second-order valence-corrected chi connectivity index (χ2v) is 5.64. The molecule has 1 aliphatic heterocycles. The van der Waals surface area contributed by atoms with Crippen molar-refractivity contribution in [3.8, 4) is 0 Å². The molecule has 5 nitrogen and oxygen atoms in total. The van der Waals surface area contributed by atoms with Crippen LogP contribution in [-0.4, -0.2) is 50.1 Å². The van der Waals surface area contributed by atoms with Crippen LogP contribution in [0.15, 0.2) is 30.3 Å². The normalized spacial score (nSPS) is 17.4. The number of benzene rings is 1. The minimum Gasteiger partial charge on any atom is -0.381 e. The number of carbonyl (C=O) groups excluding carboxylic acids is 2. The number of nitrogens with one attached hydrogen (secondary N) is 1. The molecule has 0 bridgehead atoms. The average molecular weight is 316 g/mol. The Morgan fingerprint density at radius 2 is 2.09 bits per heavy atom. The Bertz CT molecular complexity index is 560. The van der Waals surface area contributed by atoms with Crippen molar-refractivity contribution in [1.29, 1.82) is 0 Å². The standard InChI is InChI=1S/C18H24N2O3/c1-3-20(12-15-10-11-23-13-15)17(21)9-6-14-4-7-16(8-5-14)18(22)19-2/h4-9,15H,3,10-13H2,1-2H3,(H,19,22)/b9-6+. The lowest BCUT2D eigenvalue weighted by molar-refractivity contribution is -0.126. The van der Waals surface area contributed by atoms with Gasteiger partial charge in [-0.2, -0.15) is 0 Å². The van der Waals surface area contributed by atoms with E-state index >= 15 is 0 Å². The highest BCUT2D eigenvalue weighted by molar-refractivity contribution is 5.94. The molecule has 1 N–H and O–H groups in total. The lowest BCUT2D eigenvalue weighted by Gasteiger charge is -2.22. The van der Waals surface area contributed by atoms with E-state index in [1.54, 1.807) is 31.3 Å². The zero-order chi connectivity index (χ0) is 16.7. The topological polar surface area (TPSA) is 58.6 Å². The van der Waals surface area contributed by atoms with Gasteiger partial charge >= 0.3 is 0 Å². The number of nitrogens with zero attached hydrogens (tertiary/aromatic N) is 1. The fourth-order valence-electron chi connectivity index (χ4n) is 2.58. The zero-order valence-corrected chi connectivity index (χ0v) is 13.7. The van der Waals surface area contributed by atoms with Gasteiger partial charge in [0.1, 0.15) is 0 Å². The maximum atomic E-state index is 12.3. The number of amides is 2. The van der Waals surface area contributed by atoms with Crippen LogP contribution >= 0.6 is 0 Å². The number of ether oxygens (including phenoxy) is 1. The molecule has 1 saturated heterocycles. The smallest absolute Gasteiger partial charge is 0.251 e. The molecule has 0 aliphatic carbocycles. The highest BCUT2D eigenvalue weighted by Gasteiger charge is 2.20. The summed E-state index contributed by atoms with van der Waals surface area (Å²) >= 11 is 0. The van der Waals surface area contributed by atoms with Gasteiger partial charge in [0.2, 0.25) is 5.91 Å². The van der Waals surface area contributed by atoms with E-state index in [2.05, 4.69) is 5.32 Å². The van der Waals surface area contributed by atoms with Gasteiger partial charge in [0.25, 0.3) is 5.91 Å². The summed E-state index contributed by atoms with van der Waals surface area (Å²) in [4.78, 5) is 25.6. The number of rotatable bonds is 6. The molecule has 1 aromatic rings. The summed E-state index contributed by atoms with van der Waals surface area (Å²) in [5, 5.41) is 2.58. The van der Waals surface area contributed by atoms with Crippen LogP contribution in [0, 0.1) is 5.92 Å². The average Bonchev–Trinajstić information content (AvgIpc) is 3.10. The monoisotopic (exact) mass is 316 g/mol. The van der Waals surface area contributed by atoms with Crippen LogP contribution in [0.2, 0.25) is 0 Å². The van der Waals surface area contributed by atoms with Gasteiger partial charge in [-0.05, 0) is 37.1 Å². The molecule has 0 radical (unpaired) electrons. The van der Waals surface area contributed by atoms with Crippen molar-refractivity contribution < 1.29 is 14.3 Å². The lowest BCUT2D eigenvalue weighted by Crippen LogP contribution is -2.34. The Balaban J connectivity index is 1.94. The highest BCUT2D eigenvalue weighted by atomic mass is 16.5. The molecule has 1 unspecified atom stereocenters. The van der Waals surface area contributed by atoms with Gasteiger partial charge in [-0.15, -0.1) is 0 Å². The van der Waals surface area contributed by atoms with Crippen molar-refractivity contribution in [2.75, 3.05) is 33.4 Å². The van der Waals surface area contributed by atoms with Gasteiger partial charge in [-0.1, -0.05) is 12.1 Å². The van der Waals surface area contributed by atoms with Crippen LogP contribution in [0.5, 0.6) is 0 Å². The number of hydrogen-bond donors (Lipinski definition) is 1. The van der Waals surface area contributed by atoms with E-state index in [9.17, 15) is 9.59 Å². The first kappa shape index (κ1) is 17.2. The van der Waals surface area contributed by atoms with Crippen LogP contribution in [0.25, 0.3) is 6.08 Å². The third-order valence-corrected chi connectivity index (χ3v) is 4.01. The summed E-state index contributed by atoms with van der Waals surface area (Å²) in [6.07, 6.45) is 4.40. The minimum absolute atomic E-state index is 0.00905. The first-order valence-electron chi connectivity index (χ1n) is 8.01. The maximum Gasteiger partial charge on any atom is 0.251 e. The molecule has 1 heterocycles. The predicted molar refractivity (Wildman–Crippen MR) is 90.0 cm³/mol. The molecule has 124 valence electrons. The fraction of sp³-hybridized carbons (Fsp3) is 0.444. The Morgan fingerprint density at radius 3 is 2.65 bits per heavy atom. The summed E-state index contributed by atoms with van der Waals surface area (Å²) in [5.74, 6) is 0.335. The van der Waals surface area contributed by atoms with Crippen LogP contribution in [0.1, 0.15) is 29.3 Å². The molecule has 0 saturated carbocycles. The number of likely N-dealkylation sites (N-methyl/N-ethyl adjacent to an activating group) is 1. The molecule has 2 amide bonds. The molecular formula is C18H24N2O3. The molecule has 1 fully saturated rings. The molecule has 0 aromatic heterocycles. The molecule has 5 heteroatoms. The fourth-order valence-corrected chi connectivity index (χ4v) is 2.58. The van der Waals surface area contributed by atoms with Gasteiger partial charge in [0.05, 0.1) is 6.61 Å². The van der Waals surface area contributed by atoms with Crippen LogP contribution in [0.3, 0.4) is 0 Å². The van der Waals surface area contributed by atoms with Crippen LogP contribution in [0.4, 0.5) is 0 Å². The summed E-state index contributed by atoms with van der Waals surface area (Å²) in [6, 6.07) is 7.15. The zero-order valence-electron chi connectivity index (χ0n) is 13.7. The summed E-state index contributed by atoms with van der Waals surface area (Å²) in [7, 11) is 1.60. The molecule has 1 aliphatic rings. The van der Waals surface area contributed by atoms with Crippen molar-refractivity contribution in [2.24, 2.45) is 5.92 Å². The van der Waals surface area contributed by atoms with Crippen molar-refractivity contribution in [3.63, 3.8) is 0 Å². The van der Waals surface area contributed by atoms with Crippen LogP contribution in [-0.2, 0) is 9.53 Å². The summed E-state index contributed by atoms with van der Waals surface area (Å²) in [6.45, 7) is 4.96. The third kappa shape index (κ3) is 4.93. The van der Waals surface area contributed by atoms with Crippen LogP contribution < -0.4 is 5.32 Å². The minimum atomic E-state index is -0.118. The molecule has 2 rings (SSSR count). The van der Waals surface area contributed by atoms with E-state index in [1.807, 2.05) is 24.0 Å². The van der Waals surface area contributed by atoms with Gasteiger partial charge in [-0.3, -0.25) is 9.59 Å². The van der Waals surface area contributed by atoms with Gasteiger partial charge in [0, 0.05) is 44.3 Å². The molecule has 0 spiro atoms. The Labute approximate surface area is 137 Å². The van der Waals surface area contributed by atoms with Crippen molar-refractivity contribution in [2.45, 2.75) is 13.3 Å². The largest absolute Gasteiger partial charge is 0.381 e. The van der Waals surface area contributed by atoms with E-state index in [0.29, 0.717) is 18.0 Å². The second kappa shape index (κ2) is 8.48. The first-order chi connectivity index (χ1) is 11.1. The molecule has 1 atom stereocenters. The quantitative estimate of drug-likeness (QED) is 0.816. The number of hydrogen-bond acceptors (Lipinski definition) is 3. The molecule has 23 heavy (non-hydrogen) atoms. The van der Waals surface area contributed by atoms with Crippen molar-refractivity contribution >= 4 is 17.9 Å². The van der Waals surface area contributed by atoms with E-state index < -0.39 is 0 Å². The van der Waals surface area contributed by atoms with E-state index in [-0.39, 0.29) is 11.8 Å². The van der Waals surface area contributed by atoms with Crippen molar-refractivity contribution in [1.82, 2.24) is 10.2 Å². The van der Waals surface area contributed by atoms with Gasteiger partial charge < -0.3 is 15.0 Å². The van der Waals surface area contributed by atoms with Gasteiger partial charge in [0.15, 0.2) is 0 Å². The summed E-state index contributed by atoms with van der Waals surface area (Å²) in [5.41, 5.74) is 1.50.